The van der Waals surface area contributed by atoms with Crippen LogP contribution in [-0.4, -0.2) is 70.5 Å². The van der Waals surface area contributed by atoms with Gasteiger partial charge in [-0.3, -0.25) is 19.2 Å². The fraction of sp³-hybridized carbons (Fsp3) is 0.370. The Morgan fingerprint density at radius 2 is 1.92 bits per heavy atom. The molecular formula is C27H29ClF3N5O2S. The summed E-state index contributed by atoms with van der Waals surface area (Å²) >= 11 is 6.69. The smallest absolute Gasteiger partial charge is 0.315 e. The lowest BCUT2D eigenvalue weighted by Crippen LogP contribution is -2.38. The van der Waals surface area contributed by atoms with E-state index in [1.165, 1.54) is 21.7 Å². The first-order valence-electron chi connectivity index (χ1n) is 12.5. The second-order valence-electron chi connectivity index (χ2n) is 9.31. The third-order valence-electron chi connectivity index (χ3n) is 6.34. The monoisotopic (exact) mass is 579 g/mol. The third kappa shape index (κ3) is 7.21. The van der Waals surface area contributed by atoms with Gasteiger partial charge in [0, 0.05) is 36.6 Å². The van der Waals surface area contributed by atoms with E-state index in [2.05, 4.69) is 22.2 Å². The molecule has 0 atom stereocenters. The van der Waals surface area contributed by atoms with E-state index in [-0.39, 0.29) is 28.3 Å². The molecule has 12 heteroatoms. The standard InChI is InChI=1S/C27H29ClF3N5O2S/c1-3-8-32-9-10-34(2)11-12-35-25(37)24(39-26(35)38)14-18-4-7-23-20(13-18)16-33-36(23)17-19-5-6-21(28)15-22(19)27(29,30)31/h4-7,13-16,32H,3,8-12,17H2,1-2H3/b24-14-. The van der Waals surface area contributed by atoms with Crippen LogP contribution in [0.2, 0.25) is 5.02 Å². The maximum absolute atomic E-state index is 13.5. The highest BCUT2D eigenvalue weighted by atomic mass is 35.5. The number of nitrogens with zero attached hydrogens (tertiary/aromatic N) is 4. The number of hydrogen-bond acceptors (Lipinski definition) is 6. The van der Waals surface area contributed by atoms with Gasteiger partial charge in [0.15, 0.2) is 0 Å². The van der Waals surface area contributed by atoms with Gasteiger partial charge in [0.2, 0.25) is 0 Å². The topological polar surface area (TPSA) is 70.5 Å². The molecule has 4 rings (SSSR count). The molecule has 0 aliphatic carbocycles. The van der Waals surface area contributed by atoms with Crippen molar-refractivity contribution >= 4 is 51.5 Å². The van der Waals surface area contributed by atoms with Crippen LogP contribution in [0.4, 0.5) is 18.0 Å². The molecule has 0 radical (unpaired) electrons. The number of nitrogens with one attached hydrogen (secondary N) is 1. The molecule has 0 saturated carbocycles. The fourth-order valence-electron chi connectivity index (χ4n) is 4.23. The number of amides is 2. The second kappa shape index (κ2) is 12.5. The minimum atomic E-state index is -4.54. The van der Waals surface area contributed by atoms with Crippen molar-refractivity contribution in [2.24, 2.45) is 0 Å². The maximum atomic E-state index is 13.5. The number of aromatic nitrogens is 2. The summed E-state index contributed by atoms with van der Waals surface area (Å²) in [6, 6.07) is 8.96. The molecule has 3 aromatic rings. The van der Waals surface area contributed by atoms with Gasteiger partial charge in [-0.25, -0.2) is 0 Å². The van der Waals surface area contributed by atoms with Crippen molar-refractivity contribution in [3.63, 3.8) is 0 Å². The van der Waals surface area contributed by atoms with Crippen LogP contribution in [0.25, 0.3) is 17.0 Å². The molecule has 0 spiro atoms. The number of imide groups is 1. The summed E-state index contributed by atoms with van der Waals surface area (Å²) in [6.45, 7) is 5.51. The van der Waals surface area contributed by atoms with Crippen LogP contribution in [0.3, 0.4) is 0 Å². The molecule has 0 bridgehead atoms. The van der Waals surface area contributed by atoms with Crippen molar-refractivity contribution in [3.05, 3.63) is 69.2 Å². The lowest BCUT2D eigenvalue weighted by Gasteiger charge is -2.20. The Kier molecular flexibility index (Phi) is 9.37. The summed E-state index contributed by atoms with van der Waals surface area (Å²) in [5.74, 6) is -0.333. The minimum Gasteiger partial charge on any atom is -0.315 e. The quantitative estimate of drug-likeness (QED) is 0.231. The van der Waals surface area contributed by atoms with Crippen LogP contribution >= 0.6 is 23.4 Å². The number of likely N-dealkylation sites (N-methyl/N-ethyl adjacent to an activating group) is 1. The largest absolute Gasteiger partial charge is 0.416 e. The van der Waals surface area contributed by atoms with Crippen LogP contribution in [0, 0.1) is 0 Å². The van der Waals surface area contributed by atoms with E-state index < -0.39 is 11.7 Å². The second-order valence-corrected chi connectivity index (χ2v) is 10.7. The average molecular weight is 580 g/mol. The van der Waals surface area contributed by atoms with Crippen LogP contribution < -0.4 is 5.32 Å². The number of alkyl halides is 3. The van der Waals surface area contributed by atoms with E-state index in [4.69, 9.17) is 11.6 Å². The highest BCUT2D eigenvalue weighted by molar-refractivity contribution is 8.18. The van der Waals surface area contributed by atoms with Crippen molar-refractivity contribution in [2.75, 3.05) is 39.8 Å². The van der Waals surface area contributed by atoms with Gasteiger partial charge in [-0.05, 0) is 73.2 Å². The van der Waals surface area contributed by atoms with Crippen LogP contribution in [0.1, 0.15) is 30.0 Å². The zero-order valence-corrected chi connectivity index (χ0v) is 23.2. The van der Waals surface area contributed by atoms with Crippen molar-refractivity contribution < 1.29 is 22.8 Å². The maximum Gasteiger partial charge on any atom is 0.416 e. The van der Waals surface area contributed by atoms with Gasteiger partial charge in [0.05, 0.1) is 28.7 Å². The molecule has 208 valence electrons. The van der Waals surface area contributed by atoms with Crippen molar-refractivity contribution in [2.45, 2.75) is 26.1 Å². The molecule has 7 nitrogen and oxygen atoms in total. The van der Waals surface area contributed by atoms with E-state index in [0.29, 0.717) is 34.5 Å². The summed E-state index contributed by atoms with van der Waals surface area (Å²) in [6.07, 6.45) is -0.261. The molecule has 2 aromatic carbocycles. The zero-order valence-electron chi connectivity index (χ0n) is 21.6. The van der Waals surface area contributed by atoms with E-state index in [0.717, 1.165) is 43.9 Å². The summed E-state index contributed by atoms with van der Waals surface area (Å²) < 4.78 is 42.0. The number of rotatable bonds is 11. The SMILES string of the molecule is CCCNCCN(C)CCN1C(=O)S/C(=C\c2ccc3c(cnn3Cc3ccc(Cl)cc3C(F)(F)F)c2)C1=O. The van der Waals surface area contributed by atoms with Gasteiger partial charge < -0.3 is 10.2 Å². The van der Waals surface area contributed by atoms with Crippen molar-refractivity contribution in [3.8, 4) is 0 Å². The van der Waals surface area contributed by atoms with Gasteiger partial charge in [0.1, 0.15) is 0 Å². The lowest BCUT2D eigenvalue weighted by molar-refractivity contribution is -0.138. The molecule has 0 unspecified atom stereocenters. The Morgan fingerprint density at radius 1 is 1.13 bits per heavy atom. The Morgan fingerprint density at radius 3 is 2.67 bits per heavy atom. The number of hydrogen-bond donors (Lipinski definition) is 1. The number of halogens is 4. The number of carbonyl (C=O) groups is 2. The van der Waals surface area contributed by atoms with Gasteiger partial charge in [-0.2, -0.15) is 18.3 Å². The average Bonchev–Trinajstić information content (AvgIpc) is 3.40. The molecule has 39 heavy (non-hydrogen) atoms. The summed E-state index contributed by atoms with van der Waals surface area (Å²) in [7, 11) is 1.95. The molecule has 2 heterocycles. The van der Waals surface area contributed by atoms with Crippen molar-refractivity contribution in [1.82, 2.24) is 24.9 Å². The molecule has 2 amide bonds. The molecule has 1 aliphatic heterocycles. The Bertz CT molecular complexity index is 1390. The number of fused-ring (bicyclic) bond motifs is 1. The summed E-state index contributed by atoms with van der Waals surface area (Å²) in [5, 5.41) is 8.00. The molecule has 1 saturated heterocycles. The fourth-order valence-corrected chi connectivity index (χ4v) is 5.27. The number of benzene rings is 2. The Balaban J connectivity index is 1.44. The zero-order chi connectivity index (χ0) is 28.2. The number of thioether (sulfide) groups is 1. The molecule has 1 N–H and O–H groups in total. The molecular weight excluding hydrogens is 551 g/mol. The van der Waals surface area contributed by atoms with E-state index in [1.807, 2.05) is 7.05 Å². The highest BCUT2D eigenvalue weighted by Gasteiger charge is 2.35. The molecule has 1 aromatic heterocycles. The lowest BCUT2D eigenvalue weighted by atomic mass is 10.1. The van der Waals surface area contributed by atoms with Crippen LogP contribution in [0.15, 0.2) is 47.5 Å². The van der Waals surface area contributed by atoms with Crippen molar-refractivity contribution in [1.29, 1.82) is 0 Å². The van der Waals surface area contributed by atoms with E-state index >= 15 is 0 Å². The van der Waals surface area contributed by atoms with E-state index in [9.17, 15) is 22.8 Å². The van der Waals surface area contributed by atoms with Crippen LogP contribution in [0.5, 0.6) is 0 Å². The predicted octanol–water partition coefficient (Wildman–Crippen LogP) is 5.72. The van der Waals surface area contributed by atoms with Gasteiger partial charge in [0.25, 0.3) is 11.1 Å². The summed E-state index contributed by atoms with van der Waals surface area (Å²) in [4.78, 5) is 29.1. The highest BCUT2D eigenvalue weighted by Crippen LogP contribution is 2.35. The van der Waals surface area contributed by atoms with Gasteiger partial charge in [-0.15, -0.1) is 0 Å². The van der Waals surface area contributed by atoms with Gasteiger partial charge >= 0.3 is 6.18 Å². The molecule has 1 fully saturated rings. The Labute approximate surface area is 234 Å². The van der Waals surface area contributed by atoms with E-state index in [1.54, 1.807) is 30.5 Å². The normalized spacial score (nSPS) is 15.5. The predicted molar refractivity (Wildman–Crippen MR) is 149 cm³/mol. The Hall–Kier alpha value is -2.86. The first kappa shape index (κ1) is 29.1. The van der Waals surface area contributed by atoms with Gasteiger partial charge in [-0.1, -0.05) is 30.7 Å². The van der Waals surface area contributed by atoms with Crippen LogP contribution in [-0.2, 0) is 17.5 Å². The first-order valence-corrected chi connectivity index (χ1v) is 13.7. The number of carbonyl (C=O) groups excluding carboxylic acids is 2. The third-order valence-corrected chi connectivity index (χ3v) is 7.48. The molecule has 1 aliphatic rings. The summed E-state index contributed by atoms with van der Waals surface area (Å²) in [5.41, 5.74) is 0.580. The first-order chi connectivity index (χ1) is 18.6. The minimum absolute atomic E-state index is 0.0113.